The van der Waals surface area contributed by atoms with Gasteiger partial charge in [-0.25, -0.2) is 4.79 Å². The number of ether oxygens (including phenoxy) is 1. The summed E-state index contributed by atoms with van der Waals surface area (Å²) < 4.78 is 5.11. The Hall–Kier alpha value is -2.22. The van der Waals surface area contributed by atoms with E-state index >= 15 is 0 Å². The standard InChI is InChI=1S/C20H25N3O4S/c1-5-27-18(24)17(28-15-8-6-14(7-9-15)23(25)26)22-21-16-12-13-10-11-20(16,4)19(13,2)3/h6-9,13H,5,10-12H2,1-4H3/b21-16+,22-17-/t13-,20+/m1/s1. The number of carbonyl (C=O) groups excluding carboxylic acids is 1. The van der Waals surface area contributed by atoms with Gasteiger partial charge in [-0.15, -0.1) is 5.10 Å². The molecule has 8 heteroatoms. The molecule has 2 fully saturated rings. The molecule has 0 amide bonds. The van der Waals surface area contributed by atoms with E-state index in [1.54, 1.807) is 19.1 Å². The highest BCUT2D eigenvalue weighted by atomic mass is 32.2. The third-order valence-corrected chi connectivity index (χ3v) is 7.44. The molecule has 2 atom stereocenters. The second-order valence-corrected chi connectivity index (χ2v) is 9.08. The topological polar surface area (TPSA) is 94.2 Å². The summed E-state index contributed by atoms with van der Waals surface area (Å²) in [5, 5.41) is 19.7. The molecule has 0 unspecified atom stereocenters. The van der Waals surface area contributed by atoms with Crippen molar-refractivity contribution < 1.29 is 14.5 Å². The lowest BCUT2D eigenvalue weighted by Crippen LogP contribution is -2.32. The van der Waals surface area contributed by atoms with Crippen molar-refractivity contribution in [3.05, 3.63) is 34.4 Å². The van der Waals surface area contributed by atoms with Crippen molar-refractivity contribution in [1.82, 2.24) is 0 Å². The van der Waals surface area contributed by atoms with E-state index in [9.17, 15) is 14.9 Å². The highest BCUT2D eigenvalue weighted by Gasteiger charge is 2.60. The first-order valence-corrected chi connectivity index (χ1v) is 10.2. The lowest BCUT2D eigenvalue weighted by atomic mass is 9.70. The van der Waals surface area contributed by atoms with Crippen molar-refractivity contribution in [1.29, 1.82) is 0 Å². The highest BCUT2D eigenvalue weighted by Crippen LogP contribution is 2.64. The first-order chi connectivity index (χ1) is 13.2. The van der Waals surface area contributed by atoms with Crippen LogP contribution in [0.3, 0.4) is 0 Å². The molecule has 0 aliphatic heterocycles. The molecular weight excluding hydrogens is 378 g/mol. The first kappa shape index (κ1) is 20.5. The minimum Gasteiger partial charge on any atom is -0.461 e. The Morgan fingerprint density at radius 1 is 1.32 bits per heavy atom. The largest absolute Gasteiger partial charge is 0.461 e. The molecule has 0 heterocycles. The molecule has 1 aromatic rings. The maximum atomic E-state index is 12.3. The predicted octanol–water partition coefficient (Wildman–Crippen LogP) is 4.85. The Bertz CT molecular complexity index is 848. The van der Waals surface area contributed by atoms with E-state index < -0.39 is 10.9 Å². The lowest BCUT2D eigenvalue weighted by Gasteiger charge is -2.34. The maximum Gasteiger partial charge on any atom is 0.365 e. The summed E-state index contributed by atoms with van der Waals surface area (Å²) in [4.78, 5) is 23.4. The van der Waals surface area contributed by atoms with Gasteiger partial charge >= 0.3 is 5.97 Å². The SMILES string of the molecule is CCOC(=O)/C(=N/N=C1\C[C@H]2CC[C@]1(C)C2(C)C)Sc1ccc([N+](=O)[O-])cc1. The maximum absolute atomic E-state index is 12.3. The van der Waals surface area contributed by atoms with Crippen LogP contribution in [0.1, 0.15) is 47.0 Å². The fourth-order valence-corrected chi connectivity index (χ4v) is 4.95. The zero-order chi connectivity index (χ0) is 20.5. The molecule has 0 N–H and O–H groups in total. The molecule has 2 bridgehead atoms. The summed E-state index contributed by atoms with van der Waals surface area (Å²) in [7, 11) is 0. The van der Waals surface area contributed by atoms with Crippen LogP contribution in [-0.4, -0.2) is 28.3 Å². The van der Waals surface area contributed by atoms with Crippen molar-refractivity contribution in [3.63, 3.8) is 0 Å². The fraction of sp³-hybridized carbons (Fsp3) is 0.550. The number of benzene rings is 1. The molecule has 1 aromatic carbocycles. The predicted molar refractivity (Wildman–Crippen MR) is 110 cm³/mol. The van der Waals surface area contributed by atoms with Crippen molar-refractivity contribution in [2.24, 2.45) is 27.0 Å². The molecule has 150 valence electrons. The number of fused-ring (bicyclic) bond motifs is 2. The number of rotatable bonds is 4. The number of nitro benzene ring substituents is 1. The molecule has 3 rings (SSSR count). The number of hydrogen-bond acceptors (Lipinski definition) is 7. The quantitative estimate of drug-likeness (QED) is 0.179. The average Bonchev–Trinajstić information content (AvgIpc) is 2.99. The Morgan fingerprint density at radius 2 is 2.00 bits per heavy atom. The van der Waals surface area contributed by atoms with Gasteiger partial charge in [0, 0.05) is 28.2 Å². The van der Waals surface area contributed by atoms with E-state index in [0.717, 1.165) is 30.3 Å². The highest BCUT2D eigenvalue weighted by molar-refractivity contribution is 8.15. The Labute approximate surface area is 168 Å². The number of hydrogen-bond donors (Lipinski definition) is 0. The Morgan fingerprint density at radius 3 is 2.50 bits per heavy atom. The smallest absolute Gasteiger partial charge is 0.365 e. The minimum atomic E-state index is -0.539. The zero-order valence-electron chi connectivity index (χ0n) is 16.6. The van der Waals surface area contributed by atoms with E-state index in [0.29, 0.717) is 10.8 Å². The average molecular weight is 404 g/mol. The van der Waals surface area contributed by atoms with E-state index in [-0.39, 0.29) is 28.2 Å². The first-order valence-electron chi connectivity index (χ1n) is 9.43. The van der Waals surface area contributed by atoms with Gasteiger partial charge in [0.2, 0.25) is 5.04 Å². The van der Waals surface area contributed by atoms with Crippen LogP contribution in [-0.2, 0) is 9.53 Å². The molecular formula is C20H25N3O4S. The summed E-state index contributed by atoms with van der Waals surface area (Å²) >= 11 is 1.11. The van der Waals surface area contributed by atoms with Gasteiger partial charge in [0.05, 0.1) is 11.5 Å². The van der Waals surface area contributed by atoms with Gasteiger partial charge < -0.3 is 4.74 Å². The normalized spacial score (nSPS) is 27.2. The number of nitrogens with zero attached hydrogens (tertiary/aromatic N) is 3. The minimum absolute atomic E-state index is 0.00103. The van der Waals surface area contributed by atoms with E-state index in [1.165, 1.54) is 18.6 Å². The van der Waals surface area contributed by atoms with Crippen molar-refractivity contribution in [2.45, 2.75) is 51.9 Å². The molecule has 0 spiro atoms. The van der Waals surface area contributed by atoms with Gasteiger partial charge in [-0.3, -0.25) is 10.1 Å². The molecule has 28 heavy (non-hydrogen) atoms. The molecule has 2 saturated carbocycles. The number of esters is 1. The van der Waals surface area contributed by atoms with Crippen LogP contribution in [0.4, 0.5) is 5.69 Å². The van der Waals surface area contributed by atoms with E-state index in [1.807, 2.05) is 0 Å². The van der Waals surface area contributed by atoms with Gasteiger partial charge in [0.15, 0.2) is 0 Å². The van der Waals surface area contributed by atoms with Crippen LogP contribution in [0.2, 0.25) is 0 Å². The second kappa shape index (κ2) is 7.66. The zero-order valence-corrected chi connectivity index (χ0v) is 17.4. The van der Waals surface area contributed by atoms with Crippen molar-refractivity contribution in [2.75, 3.05) is 6.61 Å². The summed E-state index contributed by atoms with van der Waals surface area (Å²) in [6.45, 7) is 8.78. The van der Waals surface area contributed by atoms with E-state index in [2.05, 4.69) is 31.0 Å². The van der Waals surface area contributed by atoms with Crippen molar-refractivity contribution >= 4 is 34.2 Å². The summed E-state index contributed by atoms with van der Waals surface area (Å²) in [5.74, 6) is 0.0580. The van der Waals surface area contributed by atoms with Crippen LogP contribution in [0.5, 0.6) is 0 Å². The van der Waals surface area contributed by atoms with Crippen LogP contribution in [0, 0.1) is 26.9 Å². The lowest BCUT2D eigenvalue weighted by molar-refractivity contribution is -0.384. The van der Waals surface area contributed by atoms with Crippen LogP contribution >= 0.6 is 11.8 Å². The van der Waals surface area contributed by atoms with Gasteiger partial charge in [-0.05, 0) is 49.7 Å². The molecule has 0 saturated heterocycles. The Balaban J connectivity index is 1.86. The monoisotopic (exact) mass is 403 g/mol. The molecule has 7 nitrogen and oxygen atoms in total. The molecule has 0 radical (unpaired) electrons. The molecule has 2 aliphatic rings. The summed E-state index contributed by atoms with van der Waals surface area (Å²) in [6, 6.07) is 5.98. The number of thioether (sulfide) groups is 1. The second-order valence-electron chi connectivity index (χ2n) is 8.02. The fourth-order valence-electron chi connectivity index (χ4n) is 4.23. The Kier molecular flexibility index (Phi) is 5.61. The van der Waals surface area contributed by atoms with Crippen molar-refractivity contribution in [3.8, 4) is 0 Å². The van der Waals surface area contributed by atoms with E-state index in [4.69, 9.17) is 4.74 Å². The molecule has 0 aromatic heterocycles. The van der Waals surface area contributed by atoms with Crippen LogP contribution in [0.15, 0.2) is 39.4 Å². The summed E-state index contributed by atoms with van der Waals surface area (Å²) in [5.41, 5.74) is 1.21. The van der Waals surface area contributed by atoms with Crippen LogP contribution < -0.4 is 0 Å². The number of non-ortho nitro benzene ring substituents is 1. The van der Waals surface area contributed by atoms with Gasteiger partial charge in [0.1, 0.15) is 0 Å². The summed E-state index contributed by atoms with van der Waals surface area (Å²) in [6.07, 6.45) is 3.20. The number of carbonyl (C=O) groups is 1. The van der Waals surface area contributed by atoms with Gasteiger partial charge in [-0.2, -0.15) is 5.10 Å². The number of nitro groups is 1. The van der Waals surface area contributed by atoms with Gasteiger partial charge in [-0.1, -0.05) is 32.5 Å². The molecule has 2 aliphatic carbocycles. The third-order valence-electron chi connectivity index (χ3n) is 6.49. The van der Waals surface area contributed by atoms with Gasteiger partial charge in [0.25, 0.3) is 5.69 Å². The van der Waals surface area contributed by atoms with Crippen LogP contribution in [0.25, 0.3) is 0 Å². The third kappa shape index (κ3) is 3.57.